The van der Waals surface area contributed by atoms with Crippen LogP contribution in [0.2, 0.25) is 0 Å². The van der Waals surface area contributed by atoms with Gasteiger partial charge in [-0.25, -0.2) is 0 Å². The number of ketones is 1. The predicted molar refractivity (Wildman–Crippen MR) is 42.3 cm³/mol. The molecule has 1 unspecified atom stereocenters. The van der Waals surface area contributed by atoms with E-state index >= 15 is 0 Å². The van der Waals surface area contributed by atoms with Crippen molar-refractivity contribution in [2.24, 2.45) is 7.05 Å². The van der Waals surface area contributed by atoms with Crippen molar-refractivity contribution in [2.45, 2.75) is 19.8 Å². The van der Waals surface area contributed by atoms with E-state index in [1.165, 1.54) is 0 Å². The molecule has 60 valence electrons. The molecule has 0 aliphatic rings. The monoisotopic (exact) mass is 152 g/mol. The average molecular weight is 152 g/mol. The number of aryl methyl sites for hydroxylation is 1. The van der Waals surface area contributed by atoms with Gasteiger partial charge in [0.15, 0.2) is 0 Å². The highest BCUT2D eigenvalue weighted by atomic mass is 16.1. The third-order valence-electron chi connectivity index (χ3n) is 1.79. The van der Waals surface area contributed by atoms with Gasteiger partial charge in [0.1, 0.15) is 5.78 Å². The Labute approximate surface area is 66.0 Å². The van der Waals surface area contributed by atoms with Crippen LogP contribution in [0.4, 0.5) is 0 Å². The number of hydrogen-bond acceptors (Lipinski definition) is 2. The first-order valence-corrected chi connectivity index (χ1v) is 3.61. The number of aromatic nitrogens is 2. The highest BCUT2D eigenvalue weighted by molar-refractivity contribution is 5.82. The molecule has 1 heterocycles. The summed E-state index contributed by atoms with van der Waals surface area (Å²) in [6.07, 6.45) is 1.84. The van der Waals surface area contributed by atoms with Crippen molar-refractivity contribution in [3.63, 3.8) is 0 Å². The van der Waals surface area contributed by atoms with Crippen molar-refractivity contribution in [3.05, 3.63) is 18.0 Å². The molecule has 3 heteroatoms. The maximum atomic E-state index is 10.9. The molecule has 0 N–H and O–H groups in total. The molecule has 0 saturated carbocycles. The summed E-state index contributed by atoms with van der Waals surface area (Å²) in [6.45, 7) is 3.45. The molecule has 0 aliphatic carbocycles. The molecule has 0 spiro atoms. The van der Waals surface area contributed by atoms with Gasteiger partial charge >= 0.3 is 0 Å². The highest BCUT2D eigenvalue weighted by Gasteiger charge is 2.12. The second kappa shape index (κ2) is 2.86. The number of carbonyl (C=O) groups is 1. The van der Waals surface area contributed by atoms with Gasteiger partial charge < -0.3 is 0 Å². The zero-order valence-electron chi connectivity index (χ0n) is 7.03. The van der Waals surface area contributed by atoms with Crippen LogP contribution in [-0.2, 0) is 11.8 Å². The second-order valence-corrected chi connectivity index (χ2v) is 2.75. The van der Waals surface area contributed by atoms with Gasteiger partial charge in [0.05, 0.1) is 11.6 Å². The van der Waals surface area contributed by atoms with Crippen molar-refractivity contribution in [1.82, 2.24) is 9.78 Å². The minimum absolute atomic E-state index is 0.0730. The summed E-state index contributed by atoms with van der Waals surface area (Å²) in [5, 5.41) is 4.13. The lowest BCUT2D eigenvalue weighted by Gasteiger charge is -2.01. The molecule has 0 radical (unpaired) electrons. The van der Waals surface area contributed by atoms with Crippen LogP contribution in [0.3, 0.4) is 0 Å². The summed E-state index contributed by atoms with van der Waals surface area (Å²) in [5.74, 6) is 0.0832. The van der Waals surface area contributed by atoms with Crippen LogP contribution >= 0.6 is 0 Å². The smallest absolute Gasteiger partial charge is 0.138 e. The molecular formula is C8H12N2O. The summed E-state index contributed by atoms with van der Waals surface area (Å²) >= 11 is 0. The molecule has 1 atom stereocenters. The maximum absolute atomic E-state index is 10.9. The normalized spacial score (nSPS) is 13.0. The molecule has 0 aliphatic heterocycles. The van der Waals surface area contributed by atoms with Crippen LogP contribution in [0.5, 0.6) is 0 Å². The zero-order valence-corrected chi connectivity index (χ0v) is 7.03. The Bertz CT molecular complexity index is 265. The van der Waals surface area contributed by atoms with Crippen LogP contribution < -0.4 is 0 Å². The Morgan fingerprint density at radius 1 is 1.73 bits per heavy atom. The Morgan fingerprint density at radius 3 is 2.73 bits per heavy atom. The highest BCUT2D eigenvalue weighted by Crippen LogP contribution is 2.12. The van der Waals surface area contributed by atoms with Crippen molar-refractivity contribution >= 4 is 5.78 Å². The second-order valence-electron chi connectivity index (χ2n) is 2.75. The van der Waals surface area contributed by atoms with Crippen LogP contribution in [-0.4, -0.2) is 15.6 Å². The van der Waals surface area contributed by atoms with E-state index in [4.69, 9.17) is 0 Å². The number of hydrogen-bond donors (Lipinski definition) is 0. The Hall–Kier alpha value is -1.12. The fourth-order valence-corrected chi connectivity index (χ4v) is 0.872. The van der Waals surface area contributed by atoms with Crippen LogP contribution in [0, 0.1) is 0 Å². The van der Waals surface area contributed by atoms with Crippen molar-refractivity contribution < 1.29 is 4.79 Å². The lowest BCUT2D eigenvalue weighted by atomic mass is 10.0. The molecule has 0 amide bonds. The van der Waals surface area contributed by atoms with E-state index in [9.17, 15) is 4.79 Å². The SMILES string of the molecule is CC(=O)C(C)c1ccn(C)n1. The molecule has 0 aromatic carbocycles. The van der Waals surface area contributed by atoms with Gasteiger partial charge in [0.2, 0.25) is 0 Å². The number of carbonyl (C=O) groups excluding carboxylic acids is 1. The van der Waals surface area contributed by atoms with E-state index in [1.807, 2.05) is 26.2 Å². The third-order valence-corrected chi connectivity index (χ3v) is 1.79. The van der Waals surface area contributed by atoms with Crippen molar-refractivity contribution in [3.8, 4) is 0 Å². The number of nitrogens with zero attached hydrogens (tertiary/aromatic N) is 2. The molecule has 0 fully saturated rings. The summed E-state index contributed by atoms with van der Waals surface area (Å²) in [6, 6.07) is 1.87. The molecule has 11 heavy (non-hydrogen) atoms. The molecule has 1 rings (SSSR count). The fourth-order valence-electron chi connectivity index (χ4n) is 0.872. The quantitative estimate of drug-likeness (QED) is 0.636. The average Bonchev–Trinajstić information content (AvgIpc) is 2.34. The standard InChI is InChI=1S/C8H12N2O/c1-6(7(2)11)8-4-5-10(3)9-8/h4-6H,1-3H3. The van der Waals surface area contributed by atoms with Crippen molar-refractivity contribution in [1.29, 1.82) is 0 Å². The zero-order chi connectivity index (χ0) is 8.43. The Balaban J connectivity index is 2.84. The van der Waals surface area contributed by atoms with Crippen molar-refractivity contribution in [2.75, 3.05) is 0 Å². The molecule has 0 bridgehead atoms. The summed E-state index contributed by atoms with van der Waals surface area (Å²) in [5.41, 5.74) is 0.847. The van der Waals surface area contributed by atoms with Gasteiger partial charge in [-0.15, -0.1) is 0 Å². The summed E-state index contributed by atoms with van der Waals surface area (Å²) in [4.78, 5) is 10.9. The van der Waals surface area contributed by atoms with Gasteiger partial charge in [-0.05, 0) is 19.9 Å². The first-order chi connectivity index (χ1) is 5.11. The van der Waals surface area contributed by atoms with E-state index in [-0.39, 0.29) is 11.7 Å². The minimum atomic E-state index is -0.0730. The van der Waals surface area contributed by atoms with Gasteiger partial charge in [0.25, 0.3) is 0 Å². The first kappa shape index (κ1) is 7.98. The molecule has 1 aromatic heterocycles. The summed E-state index contributed by atoms with van der Waals surface area (Å²) in [7, 11) is 1.84. The molecule has 3 nitrogen and oxygen atoms in total. The first-order valence-electron chi connectivity index (χ1n) is 3.61. The number of rotatable bonds is 2. The topological polar surface area (TPSA) is 34.9 Å². The molecule has 1 aromatic rings. The summed E-state index contributed by atoms with van der Waals surface area (Å²) < 4.78 is 1.70. The van der Waals surface area contributed by atoms with Crippen LogP contribution in [0.15, 0.2) is 12.3 Å². The van der Waals surface area contributed by atoms with Gasteiger partial charge in [-0.2, -0.15) is 5.10 Å². The Kier molecular flexibility index (Phi) is 2.08. The van der Waals surface area contributed by atoms with E-state index in [0.29, 0.717) is 0 Å². The lowest BCUT2D eigenvalue weighted by Crippen LogP contribution is -2.05. The maximum Gasteiger partial charge on any atom is 0.138 e. The largest absolute Gasteiger partial charge is 0.299 e. The van der Waals surface area contributed by atoms with E-state index < -0.39 is 0 Å². The Morgan fingerprint density at radius 2 is 2.36 bits per heavy atom. The van der Waals surface area contributed by atoms with Gasteiger partial charge in [-0.3, -0.25) is 9.48 Å². The van der Waals surface area contributed by atoms with E-state index in [2.05, 4.69) is 5.10 Å². The molecular weight excluding hydrogens is 140 g/mol. The van der Waals surface area contributed by atoms with Crippen LogP contribution in [0.25, 0.3) is 0 Å². The fraction of sp³-hybridized carbons (Fsp3) is 0.500. The minimum Gasteiger partial charge on any atom is -0.299 e. The van der Waals surface area contributed by atoms with Crippen LogP contribution in [0.1, 0.15) is 25.5 Å². The molecule has 0 saturated heterocycles. The van der Waals surface area contributed by atoms with E-state index in [1.54, 1.807) is 11.6 Å². The van der Waals surface area contributed by atoms with Gasteiger partial charge in [-0.1, -0.05) is 0 Å². The third kappa shape index (κ3) is 1.67. The van der Waals surface area contributed by atoms with Gasteiger partial charge in [0, 0.05) is 13.2 Å². The predicted octanol–water partition coefficient (Wildman–Crippen LogP) is 1.11. The number of Topliss-reactive ketones (excluding diaryl/α,β-unsaturated/α-hetero) is 1. The van der Waals surface area contributed by atoms with E-state index in [0.717, 1.165) is 5.69 Å². The lowest BCUT2D eigenvalue weighted by molar-refractivity contribution is -0.118.